The van der Waals surface area contributed by atoms with Gasteiger partial charge in [-0.05, 0) is 43.9 Å². The molecule has 0 radical (unpaired) electrons. The molecule has 0 bridgehead atoms. The van der Waals surface area contributed by atoms with Gasteiger partial charge in [-0.3, -0.25) is 4.99 Å². The molecule has 0 aliphatic rings. The van der Waals surface area contributed by atoms with Crippen LogP contribution in [-0.2, 0) is 16.6 Å². The molecule has 0 saturated heterocycles. The summed E-state index contributed by atoms with van der Waals surface area (Å²) >= 11 is 0. The van der Waals surface area contributed by atoms with Crippen molar-refractivity contribution in [2.24, 2.45) is 4.99 Å². The van der Waals surface area contributed by atoms with Crippen LogP contribution in [0.2, 0.25) is 0 Å². The molecule has 8 nitrogen and oxygen atoms in total. The molecule has 2 aromatic rings. The molecular weight excluding hydrogens is 402 g/mol. The Morgan fingerprint density at radius 3 is 2.53 bits per heavy atom. The zero-order valence-electron chi connectivity index (χ0n) is 18.4. The Labute approximate surface area is 179 Å². The fourth-order valence-corrected chi connectivity index (χ4v) is 4.50. The second kappa shape index (κ2) is 11.1. The molecule has 0 aliphatic carbocycles. The molecule has 1 aromatic carbocycles. The third kappa shape index (κ3) is 6.56. The average Bonchev–Trinajstić information content (AvgIpc) is 3.19. The van der Waals surface area contributed by atoms with Crippen molar-refractivity contribution in [3.63, 3.8) is 0 Å². The van der Waals surface area contributed by atoms with Gasteiger partial charge in [-0.1, -0.05) is 31.1 Å². The summed E-state index contributed by atoms with van der Waals surface area (Å²) < 4.78 is 33.1. The van der Waals surface area contributed by atoms with Gasteiger partial charge in [-0.25, -0.2) is 13.1 Å². The second-order valence-electron chi connectivity index (χ2n) is 7.25. The number of aliphatic imine (C=N–C) groups is 1. The lowest BCUT2D eigenvalue weighted by Gasteiger charge is -2.13. The SMILES string of the molecule is CCC(CC)c1cc(CNC(=NC)NCCNS(=O)(=O)c2cc(C)ccc2C)on1. The standard InChI is InChI=1S/C21H33N5O3S/c1-6-17(7-2)19-13-18(29-26-19)14-24-21(22-5)23-10-11-25-30(27,28)20-12-15(3)8-9-16(20)4/h8-9,12-13,17,25H,6-7,10-11,14H2,1-5H3,(H2,22,23,24). The molecule has 0 amide bonds. The normalized spacial score (nSPS) is 12.4. The summed E-state index contributed by atoms with van der Waals surface area (Å²) in [6.45, 7) is 9.01. The topological polar surface area (TPSA) is 109 Å². The summed E-state index contributed by atoms with van der Waals surface area (Å²) in [4.78, 5) is 4.46. The van der Waals surface area contributed by atoms with Crippen molar-refractivity contribution in [3.05, 3.63) is 46.8 Å². The van der Waals surface area contributed by atoms with Crippen molar-refractivity contribution in [2.45, 2.75) is 57.9 Å². The molecule has 0 saturated carbocycles. The minimum atomic E-state index is -3.56. The number of nitrogens with one attached hydrogen (secondary N) is 3. The van der Waals surface area contributed by atoms with Crippen molar-refractivity contribution in [2.75, 3.05) is 20.1 Å². The van der Waals surface area contributed by atoms with Crippen molar-refractivity contribution in [3.8, 4) is 0 Å². The van der Waals surface area contributed by atoms with E-state index >= 15 is 0 Å². The number of aryl methyl sites for hydroxylation is 2. The van der Waals surface area contributed by atoms with Gasteiger partial charge >= 0.3 is 0 Å². The molecule has 0 spiro atoms. The average molecular weight is 436 g/mol. The predicted molar refractivity (Wildman–Crippen MR) is 119 cm³/mol. The zero-order valence-corrected chi connectivity index (χ0v) is 19.3. The number of rotatable bonds is 10. The van der Waals surface area contributed by atoms with Crippen LogP contribution in [0.1, 0.15) is 55.2 Å². The molecule has 166 valence electrons. The second-order valence-corrected chi connectivity index (χ2v) is 8.99. The number of benzene rings is 1. The number of sulfonamides is 1. The van der Waals surface area contributed by atoms with Crippen LogP contribution in [0.3, 0.4) is 0 Å². The molecule has 0 aliphatic heterocycles. The highest BCUT2D eigenvalue weighted by molar-refractivity contribution is 7.89. The van der Waals surface area contributed by atoms with Crippen LogP contribution >= 0.6 is 0 Å². The Balaban J connectivity index is 1.81. The third-order valence-corrected chi connectivity index (χ3v) is 6.58. The largest absolute Gasteiger partial charge is 0.359 e. The first-order valence-corrected chi connectivity index (χ1v) is 11.8. The van der Waals surface area contributed by atoms with Crippen molar-refractivity contribution < 1.29 is 12.9 Å². The Morgan fingerprint density at radius 1 is 1.13 bits per heavy atom. The van der Waals surface area contributed by atoms with E-state index < -0.39 is 10.0 Å². The highest BCUT2D eigenvalue weighted by Gasteiger charge is 2.16. The van der Waals surface area contributed by atoms with Gasteiger partial charge in [-0.15, -0.1) is 0 Å². The lowest BCUT2D eigenvalue weighted by molar-refractivity contribution is 0.368. The van der Waals surface area contributed by atoms with Gasteiger partial charge in [0.2, 0.25) is 10.0 Å². The van der Waals surface area contributed by atoms with E-state index in [0.29, 0.717) is 29.9 Å². The molecule has 1 aromatic heterocycles. The van der Waals surface area contributed by atoms with Gasteiger partial charge < -0.3 is 15.2 Å². The van der Waals surface area contributed by atoms with E-state index in [2.05, 4.69) is 39.4 Å². The van der Waals surface area contributed by atoms with Crippen LogP contribution in [0.4, 0.5) is 0 Å². The van der Waals surface area contributed by atoms with Crippen molar-refractivity contribution >= 4 is 16.0 Å². The number of guanidine groups is 1. The minimum absolute atomic E-state index is 0.234. The van der Waals surface area contributed by atoms with Crippen LogP contribution < -0.4 is 15.4 Å². The van der Waals surface area contributed by atoms with Gasteiger partial charge in [-0.2, -0.15) is 0 Å². The summed E-state index contributed by atoms with van der Waals surface area (Å²) in [5.74, 6) is 1.70. The first-order valence-electron chi connectivity index (χ1n) is 10.3. The molecule has 30 heavy (non-hydrogen) atoms. The zero-order chi connectivity index (χ0) is 22.1. The molecule has 0 fully saturated rings. The van der Waals surface area contributed by atoms with Crippen molar-refractivity contribution in [1.29, 1.82) is 0 Å². The van der Waals surface area contributed by atoms with Crippen LogP contribution in [0.25, 0.3) is 0 Å². The van der Waals surface area contributed by atoms with E-state index in [-0.39, 0.29) is 6.54 Å². The van der Waals surface area contributed by atoms with E-state index in [9.17, 15) is 8.42 Å². The summed E-state index contributed by atoms with van der Waals surface area (Å²) in [6.07, 6.45) is 2.05. The smallest absolute Gasteiger partial charge is 0.240 e. The Bertz CT molecular complexity index is 949. The van der Waals surface area contributed by atoms with E-state index in [1.165, 1.54) is 0 Å². The fourth-order valence-electron chi connectivity index (χ4n) is 3.14. The highest BCUT2D eigenvalue weighted by Crippen LogP contribution is 2.22. The first kappa shape index (κ1) is 23.9. The van der Waals surface area contributed by atoms with Crippen LogP contribution in [0, 0.1) is 13.8 Å². The van der Waals surface area contributed by atoms with Crippen LogP contribution in [0.15, 0.2) is 38.7 Å². The van der Waals surface area contributed by atoms with Gasteiger partial charge in [0, 0.05) is 32.1 Å². The lowest BCUT2D eigenvalue weighted by atomic mass is 9.99. The molecule has 3 N–H and O–H groups in total. The fraction of sp³-hybridized carbons (Fsp3) is 0.524. The van der Waals surface area contributed by atoms with E-state index in [1.807, 2.05) is 25.1 Å². The number of hydrogen-bond acceptors (Lipinski definition) is 5. The first-order chi connectivity index (χ1) is 14.3. The number of hydrogen-bond donors (Lipinski definition) is 3. The van der Waals surface area contributed by atoms with Gasteiger partial charge in [0.1, 0.15) is 0 Å². The number of nitrogens with zero attached hydrogens (tertiary/aromatic N) is 2. The predicted octanol–water partition coefficient (Wildman–Crippen LogP) is 2.84. The maximum Gasteiger partial charge on any atom is 0.240 e. The van der Waals surface area contributed by atoms with E-state index in [0.717, 1.165) is 35.4 Å². The monoisotopic (exact) mass is 435 g/mol. The molecule has 2 rings (SSSR count). The van der Waals surface area contributed by atoms with Gasteiger partial charge in [0.05, 0.1) is 17.1 Å². The summed E-state index contributed by atoms with van der Waals surface area (Å²) in [6, 6.07) is 7.36. The van der Waals surface area contributed by atoms with Crippen LogP contribution in [-0.4, -0.2) is 39.7 Å². The molecular formula is C21H33N5O3S. The number of aromatic nitrogens is 1. The lowest BCUT2D eigenvalue weighted by Crippen LogP contribution is -2.41. The van der Waals surface area contributed by atoms with E-state index in [1.54, 1.807) is 20.0 Å². The van der Waals surface area contributed by atoms with Gasteiger partial charge in [0.25, 0.3) is 0 Å². The summed E-state index contributed by atoms with van der Waals surface area (Å²) in [5.41, 5.74) is 2.60. The highest BCUT2D eigenvalue weighted by atomic mass is 32.2. The summed E-state index contributed by atoms with van der Waals surface area (Å²) in [7, 11) is -1.90. The maximum absolute atomic E-state index is 12.5. The molecule has 9 heteroatoms. The third-order valence-electron chi connectivity index (χ3n) is 4.98. The Kier molecular flexibility index (Phi) is 8.86. The van der Waals surface area contributed by atoms with Crippen molar-refractivity contribution in [1.82, 2.24) is 20.5 Å². The molecule has 0 unspecified atom stereocenters. The summed E-state index contributed by atoms with van der Waals surface area (Å²) in [5, 5.41) is 10.4. The molecule has 1 heterocycles. The van der Waals surface area contributed by atoms with Crippen LogP contribution in [0.5, 0.6) is 0 Å². The Hall–Kier alpha value is -2.39. The molecule has 0 atom stereocenters. The maximum atomic E-state index is 12.5. The van der Waals surface area contributed by atoms with Gasteiger partial charge in [0.15, 0.2) is 11.7 Å². The quantitative estimate of drug-likeness (QED) is 0.301. The minimum Gasteiger partial charge on any atom is -0.359 e. The van der Waals surface area contributed by atoms with E-state index in [4.69, 9.17) is 4.52 Å². The Morgan fingerprint density at radius 2 is 1.87 bits per heavy atom.